The molecule has 0 saturated carbocycles. The molecular weight excluding hydrogens is 420 g/mol. The molecule has 0 fully saturated rings. The highest BCUT2D eigenvalue weighted by Crippen LogP contribution is 2.65. The molecule has 15 heteroatoms. The molecule has 1 amide bonds. The van der Waals surface area contributed by atoms with Crippen LogP contribution in [0.25, 0.3) is 0 Å². The van der Waals surface area contributed by atoms with E-state index in [4.69, 9.17) is 19.4 Å². The third kappa shape index (κ3) is 6.94. The van der Waals surface area contributed by atoms with Gasteiger partial charge in [-0.05, 0) is 20.8 Å². The fourth-order valence-electron chi connectivity index (χ4n) is 2.05. The third-order valence-corrected chi connectivity index (χ3v) is 7.02. The summed E-state index contributed by atoms with van der Waals surface area (Å²) in [6.45, 7) is 3.64. The van der Waals surface area contributed by atoms with Gasteiger partial charge in [0.1, 0.15) is 37.2 Å². The Bertz CT molecular complexity index is 756. The first kappa shape index (κ1) is 24.7. The normalized spacial score (nSPS) is 18.0. The topological polar surface area (TPSA) is 205 Å². The molecule has 0 bridgehead atoms. The van der Waals surface area contributed by atoms with Gasteiger partial charge in [-0.25, -0.2) is 13.9 Å². The summed E-state index contributed by atoms with van der Waals surface area (Å²) in [6.07, 6.45) is 1.84. The van der Waals surface area contributed by atoms with Crippen molar-refractivity contribution in [3.05, 3.63) is 18.7 Å². The van der Waals surface area contributed by atoms with Crippen molar-refractivity contribution in [3.8, 4) is 0 Å². The summed E-state index contributed by atoms with van der Waals surface area (Å²) in [4.78, 5) is 50.0. The van der Waals surface area contributed by atoms with Crippen LogP contribution in [0.1, 0.15) is 20.8 Å². The second-order valence-corrected chi connectivity index (χ2v) is 11.1. The lowest BCUT2D eigenvalue weighted by Crippen LogP contribution is -2.48. The van der Waals surface area contributed by atoms with Crippen LogP contribution < -0.4 is 14.8 Å². The van der Waals surface area contributed by atoms with Crippen LogP contribution in [0.4, 0.5) is 4.79 Å². The number of nitrogens with one attached hydrogen (secondary N) is 1. The van der Waals surface area contributed by atoms with Crippen LogP contribution in [0, 0.1) is 0 Å². The van der Waals surface area contributed by atoms with Crippen LogP contribution in [0.15, 0.2) is 18.7 Å². The van der Waals surface area contributed by atoms with E-state index in [1.54, 1.807) is 20.8 Å². The molecule has 6 N–H and O–H groups in total. The number of rotatable bonds is 8. The maximum atomic E-state index is 11.5. The smallest absolute Gasteiger partial charge is 0.407 e. The van der Waals surface area contributed by atoms with Gasteiger partial charge in [-0.1, -0.05) is 0 Å². The molecule has 0 radical (unpaired) electrons. The van der Waals surface area contributed by atoms with Crippen molar-refractivity contribution < 1.29 is 53.0 Å². The van der Waals surface area contributed by atoms with Gasteiger partial charge in [0, 0.05) is 0 Å². The summed E-state index contributed by atoms with van der Waals surface area (Å²) in [5.41, 5.74) is -0.704. The average Bonchev–Trinajstić information content (AvgIpc) is 2.88. The molecular formula is C13H25N3O10P2. The van der Waals surface area contributed by atoms with E-state index in [0.29, 0.717) is 0 Å². The fraction of sp³-hybridized carbons (Fsp3) is 0.692. The van der Waals surface area contributed by atoms with E-state index in [9.17, 15) is 29.0 Å². The summed E-state index contributed by atoms with van der Waals surface area (Å²) in [5, 5.41) is 18.4. The van der Waals surface area contributed by atoms with E-state index in [0.717, 1.165) is 10.9 Å². The van der Waals surface area contributed by atoms with Gasteiger partial charge in [0.25, 0.3) is 5.08 Å². The van der Waals surface area contributed by atoms with E-state index in [1.165, 1.54) is 17.0 Å². The van der Waals surface area contributed by atoms with Crippen molar-refractivity contribution in [1.82, 2.24) is 9.88 Å². The maximum absolute atomic E-state index is 11.5. The molecule has 0 spiro atoms. The van der Waals surface area contributed by atoms with Crippen LogP contribution in [0.3, 0.4) is 0 Å². The minimum atomic E-state index is -5.83. The van der Waals surface area contributed by atoms with Gasteiger partial charge in [0.2, 0.25) is 6.33 Å². The highest BCUT2D eigenvalue weighted by Gasteiger charge is 2.55. The first-order chi connectivity index (χ1) is 12.4. The first-order valence-corrected chi connectivity index (χ1v) is 11.2. The minimum absolute atomic E-state index is 0.0781. The Morgan fingerprint density at radius 3 is 2.36 bits per heavy atom. The Kier molecular flexibility index (Phi) is 7.60. The van der Waals surface area contributed by atoms with Crippen molar-refractivity contribution in [2.24, 2.45) is 0 Å². The van der Waals surface area contributed by atoms with Crippen molar-refractivity contribution in [1.29, 1.82) is 0 Å². The summed E-state index contributed by atoms with van der Waals surface area (Å²) >= 11 is 0. The highest BCUT2D eigenvalue weighted by molar-refractivity contribution is 7.71. The average molecular weight is 445 g/mol. The number of amides is 1. The Balaban J connectivity index is 2.73. The molecule has 28 heavy (non-hydrogen) atoms. The summed E-state index contributed by atoms with van der Waals surface area (Å²) in [6, 6.07) is 0. The molecule has 0 aliphatic heterocycles. The van der Waals surface area contributed by atoms with Gasteiger partial charge in [-0.2, -0.15) is 0 Å². The predicted molar refractivity (Wildman–Crippen MR) is 91.7 cm³/mol. The Hall–Kier alpha value is -1.30. The lowest BCUT2D eigenvalue weighted by molar-refractivity contribution is -0.703. The maximum Gasteiger partial charge on any atom is 0.407 e. The van der Waals surface area contributed by atoms with Gasteiger partial charge < -0.3 is 44.4 Å². The lowest BCUT2D eigenvalue weighted by atomic mass is 10.2. The van der Waals surface area contributed by atoms with Crippen molar-refractivity contribution >= 4 is 21.3 Å². The van der Waals surface area contributed by atoms with E-state index >= 15 is 0 Å². The molecule has 1 aromatic heterocycles. The zero-order valence-electron chi connectivity index (χ0n) is 15.5. The Morgan fingerprint density at radius 1 is 1.32 bits per heavy atom. The molecule has 3 unspecified atom stereocenters. The summed E-state index contributed by atoms with van der Waals surface area (Å²) in [7, 11) is -11.5. The lowest BCUT2D eigenvalue weighted by Gasteiger charge is -2.34. The minimum Gasteiger partial charge on any atom is -0.776 e. The second kappa shape index (κ2) is 8.60. The number of imidazole rings is 1. The molecule has 1 rings (SSSR count). The fourth-order valence-corrected chi connectivity index (χ4v) is 4.06. The molecule has 3 atom stereocenters. The Labute approximate surface area is 160 Å². The molecule has 0 aliphatic rings. The zero-order valence-corrected chi connectivity index (χ0v) is 17.3. The van der Waals surface area contributed by atoms with Crippen molar-refractivity contribution in [2.75, 3.05) is 6.54 Å². The number of hydrogen-bond donors (Lipinski definition) is 6. The standard InChI is InChI=1S/C13H25N3O10P2/c1-12(2,3)26-11(18)14-6-10(17)7-15-4-5-16(9-15)8-13(19,27(20,21)22)28(23,24)25/h4-5,9-10,17,19H,6-8H2,1-3H3,(H4-,14,18,20,21,22,23,24,25). The number of hydrogen-bond acceptors (Lipinski definition) is 7. The number of ether oxygens (including phenoxy) is 1. The predicted octanol–water partition coefficient (Wildman–Crippen LogP) is -1.97. The van der Waals surface area contributed by atoms with Gasteiger partial charge in [-0.15, -0.1) is 0 Å². The second-order valence-electron chi connectivity index (χ2n) is 7.16. The van der Waals surface area contributed by atoms with Gasteiger partial charge in [0.15, 0.2) is 7.60 Å². The number of aliphatic hydroxyl groups excluding tert-OH is 1. The van der Waals surface area contributed by atoms with E-state index in [1.807, 2.05) is 0 Å². The van der Waals surface area contributed by atoms with Crippen LogP contribution in [0.2, 0.25) is 0 Å². The van der Waals surface area contributed by atoms with Gasteiger partial charge >= 0.3 is 13.7 Å². The number of aromatic nitrogens is 2. The van der Waals surface area contributed by atoms with Crippen LogP contribution in [-0.4, -0.2) is 58.9 Å². The molecule has 1 heterocycles. The quantitative estimate of drug-likeness (QED) is 0.192. The molecule has 162 valence electrons. The number of alkyl carbamates (subject to hydrolysis) is 1. The van der Waals surface area contributed by atoms with Crippen LogP contribution in [0.5, 0.6) is 0 Å². The summed E-state index contributed by atoms with van der Waals surface area (Å²) in [5.74, 6) is 0. The zero-order chi connectivity index (χ0) is 22.0. The van der Waals surface area contributed by atoms with Gasteiger partial charge in [0.05, 0.1) is 6.54 Å². The highest BCUT2D eigenvalue weighted by atomic mass is 31.2. The Morgan fingerprint density at radius 2 is 1.89 bits per heavy atom. The molecule has 13 nitrogen and oxygen atoms in total. The van der Waals surface area contributed by atoms with E-state index < -0.39 is 44.6 Å². The van der Waals surface area contributed by atoms with Crippen molar-refractivity contribution in [2.45, 2.75) is 50.6 Å². The van der Waals surface area contributed by atoms with E-state index in [2.05, 4.69) is 5.32 Å². The van der Waals surface area contributed by atoms with Crippen LogP contribution in [-0.2, 0) is 27.0 Å². The third-order valence-electron chi connectivity index (χ3n) is 3.36. The number of aliphatic hydroxyl groups is 2. The summed E-state index contributed by atoms with van der Waals surface area (Å²) < 4.78 is 29.8. The SMILES string of the molecule is CC(C)(C)OC(=O)NCC(O)Cn1cc[n+](CC(O)(P(=O)([O-])O)P(=O)(O)O)c1. The van der Waals surface area contributed by atoms with E-state index in [-0.39, 0.29) is 13.1 Å². The number of carbonyl (C=O) groups excluding carboxylic acids is 1. The molecule has 0 aliphatic carbocycles. The number of nitrogens with zero attached hydrogens (tertiary/aromatic N) is 2. The largest absolute Gasteiger partial charge is 0.776 e. The first-order valence-electron chi connectivity index (χ1n) is 7.96. The molecule has 0 aromatic carbocycles. The molecule has 1 aromatic rings. The number of carbonyl (C=O) groups is 1. The molecule has 0 saturated heterocycles. The van der Waals surface area contributed by atoms with Crippen molar-refractivity contribution in [3.63, 3.8) is 0 Å². The monoisotopic (exact) mass is 445 g/mol. The van der Waals surface area contributed by atoms with Gasteiger partial charge in [-0.3, -0.25) is 4.57 Å². The van der Waals surface area contributed by atoms with Crippen LogP contribution >= 0.6 is 15.2 Å².